The Kier molecular flexibility index (Phi) is 12.5. The first-order chi connectivity index (χ1) is 11.4. The Hall–Kier alpha value is -1.15. The molecule has 1 rings (SSSR count). The molecule has 0 saturated heterocycles. The Balaban J connectivity index is 2.01. The average molecular weight is 318 g/mol. The lowest BCUT2D eigenvalue weighted by molar-refractivity contribution is 0.266. The van der Waals surface area contributed by atoms with Crippen molar-refractivity contribution >= 4 is 6.21 Å². The first kappa shape index (κ1) is 19.9. The van der Waals surface area contributed by atoms with Gasteiger partial charge in [0.15, 0.2) is 0 Å². The number of rotatable bonds is 14. The van der Waals surface area contributed by atoms with E-state index in [0.29, 0.717) is 0 Å². The number of aliphatic hydroxyl groups is 1. The van der Waals surface area contributed by atoms with Crippen molar-refractivity contribution in [3.63, 3.8) is 0 Å². The smallest absolute Gasteiger partial charge is 0.0766 e. The molecule has 0 aromatic heterocycles. The predicted octanol–water partition coefficient (Wildman–Crippen LogP) is 5.58. The van der Waals surface area contributed by atoms with Crippen LogP contribution in [0.15, 0.2) is 35.3 Å². The topological polar surface area (TPSA) is 32.6 Å². The maximum absolute atomic E-state index is 9.43. The van der Waals surface area contributed by atoms with Gasteiger partial charge >= 0.3 is 0 Å². The Labute approximate surface area is 143 Å². The van der Waals surface area contributed by atoms with Gasteiger partial charge in [-0.3, -0.25) is 4.99 Å². The van der Waals surface area contributed by atoms with Gasteiger partial charge in [-0.1, -0.05) is 88.6 Å². The van der Waals surface area contributed by atoms with E-state index >= 15 is 0 Å². The molecule has 0 heterocycles. The highest BCUT2D eigenvalue weighted by Crippen LogP contribution is 2.10. The lowest BCUT2D eigenvalue weighted by Gasteiger charge is -2.09. The SMILES string of the molecule is CCCCCCCCCCCC=N[C@H](CO)Cc1ccccc1. The summed E-state index contributed by atoms with van der Waals surface area (Å²) in [5.74, 6) is 0. The molecule has 0 saturated carbocycles. The monoisotopic (exact) mass is 317 g/mol. The fourth-order valence-corrected chi connectivity index (χ4v) is 2.82. The Bertz CT molecular complexity index is 388. The van der Waals surface area contributed by atoms with Crippen LogP contribution in [0.3, 0.4) is 0 Å². The molecule has 0 spiro atoms. The van der Waals surface area contributed by atoms with Gasteiger partial charge < -0.3 is 5.11 Å². The fraction of sp³-hybridized carbons (Fsp3) is 0.667. The molecule has 0 radical (unpaired) electrons. The Morgan fingerprint density at radius 3 is 2.13 bits per heavy atom. The molecule has 1 atom stereocenters. The highest BCUT2D eigenvalue weighted by molar-refractivity contribution is 5.57. The van der Waals surface area contributed by atoms with Gasteiger partial charge in [0.05, 0.1) is 12.6 Å². The maximum atomic E-state index is 9.43. The van der Waals surface area contributed by atoms with E-state index in [9.17, 15) is 5.11 Å². The molecule has 0 bridgehead atoms. The van der Waals surface area contributed by atoms with Gasteiger partial charge in [0.25, 0.3) is 0 Å². The molecule has 23 heavy (non-hydrogen) atoms. The lowest BCUT2D eigenvalue weighted by atomic mass is 10.1. The molecule has 0 aliphatic rings. The third-order valence-corrected chi connectivity index (χ3v) is 4.28. The number of hydrogen-bond acceptors (Lipinski definition) is 2. The molecule has 0 amide bonds. The van der Waals surface area contributed by atoms with E-state index < -0.39 is 0 Å². The first-order valence-electron chi connectivity index (χ1n) is 9.53. The van der Waals surface area contributed by atoms with E-state index in [1.54, 1.807) is 0 Å². The molecule has 0 aliphatic heterocycles. The van der Waals surface area contributed by atoms with Crippen molar-refractivity contribution in [2.45, 2.75) is 83.6 Å². The zero-order valence-electron chi connectivity index (χ0n) is 14.9. The normalized spacial score (nSPS) is 12.8. The van der Waals surface area contributed by atoms with Crippen molar-refractivity contribution in [3.05, 3.63) is 35.9 Å². The second-order valence-electron chi connectivity index (χ2n) is 6.47. The number of aliphatic imine (C=N–C) groups is 1. The number of hydrogen-bond donors (Lipinski definition) is 1. The van der Waals surface area contributed by atoms with Crippen molar-refractivity contribution in [1.29, 1.82) is 0 Å². The Morgan fingerprint density at radius 1 is 0.913 bits per heavy atom. The molecule has 0 fully saturated rings. The van der Waals surface area contributed by atoms with Crippen LogP contribution in [0.25, 0.3) is 0 Å². The molecule has 1 N–H and O–H groups in total. The van der Waals surface area contributed by atoms with Gasteiger partial charge in [-0.15, -0.1) is 0 Å². The lowest BCUT2D eigenvalue weighted by Crippen LogP contribution is -2.13. The van der Waals surface area contributed by atoms with Crippen LogP contribution in [0.1, 0.15) is 76.7 Å². The second-order valence-corrected chi connectivity index (χ2v) is 6.47. The van der Waals surface area contributed by atoms with E-state index in [2.05, 4.69) is 24.0 Å². The van der Waals surface area contributed by atoms with Crippen LogP contribution in [0, 0.1) is 0 Å². The molecule has 1 aromatic carbocycles. The number of benzene rings is 1. The van der Waals surface area contributed by atoms with Crippen molar-refractivity contribution in [1.82, 2.24) is 0 Å². The predicted molar refractivity (Wildman–Crippen MR) is 101 cm³/mol. The molecule has 0 aliphatic carbocycles. The van der Waals surface area contributed by atoms with Gasteiger partial charge in [-0.25, -0.2) is 0 Å². The summed E-state index contributed by atoms with van der Waals surface area (Å²) in [5, 5.41) is 9.43. The van der Waals surface area contributed by atoms with Crippen LogP contribution < -0.4 is 0 Å². The molecule has 130 valence electrons. The van der Waals surface area contributed by atoms with Crippen LogP contribution in [-0.4, -0.2) is 24.0 Å². The summed E-state index contributed by atoms with van der Waals surface area (Å²) in [6.45, 7) is 2.39. The van der Waals surface area contributed by atoms with Gasteiger partial charge in [-0.05, 0) is 31.0 Å². The minimum Gasteiger partial charge on any atom is -0.394 e. The number of aliphatic hydroxyl groups excluding tert-OH is 1. The van der Waals surface area contributed by atoms with Crippen molar-refractivity contribution in [3.8, 4) is 0 Å². The summed E-state index contributed by atoms with van der Waals surface area (Å²) in [7, 11) is 0. The minimum absolute atomic E-state index is 0.0102. The van der Waals surface area contributed by atoms with E-state index in [4.69, 9.17) is 0 Å². The summed E-state index contributed by atoms with van der Waals surface area (Å²) in [5.41, 5.74) is 1.24. The second kappa shape index (κ2) is 14.4. The zero-order chi connectivity index (χ0) is 16.6. The van der Waals surface area contributed by atoms with Crippen LogP contribution in [-0.2, 0) is 6.42 Å². The maximum Gasteiger partial charge on any atom is 0.0766 e. The van der Waals surface area contributed by atoms with Gasteiger partial charge in [0.2, 0.25) is 0 Å². The minimum atomic E-state index is 0.0102. The number of unbranched alkanes of at least 4 members (excludes halogenated alkanes) is 9. The van der Waals surface area contributed by atoms with E-state index in [-0.39, 0.29) is 12.6 Å². The summed E-state index contributed by atoms with van der Waals surface area (Å²) >= 11 is 0. The van der Waals surface area contributed by atoms with Crippen LogP contribution in [0.4, 0.5) is 0 Å². The van der Waals surface area contributed by atoms with Crippen molar-refractivity contribution < 1.29 is 5.11 Å². The Morgan fingerprint density at radius 2 is 1.52 bits per heavy atom. The highest BCUT2D eigenvalue weighted by atomic mass is 16.3. The summed E-state index contributed by atoms with van der Waals surface area (Å²) in [6, 6.07) is 10.3. The van der Waals surface area contributed by atoms with E-state index in [1.807, 2.05) is 24.4 Å². The van der Waals surface area contributed by atoms with Crippen molar-refractivity contribution in [2.75, 3.05) is 6.61 Å². The fourth-order valence-electron chi connectivity index (χ4n) is 2.82. The van der Waals surface area contributed by atoms with Crippen LogP contribution >= 0.6 is 0 Å². The van der Waals surface area contributed by atoms with E-state index in [1.165, 1.54) is 63.4 Å². The van der Waals surface area contributed by atoms with Crippen LogP contribution in [0.5, 0.6) is 0 Å². The average Bonchev–Trinajstić information content (AvgIpc) is 2.59. The molecule has 2 heteroatoms. The zero-order valence-corrected chi connectivity index (χ0v) is 14.9. The molecule has 0 unspecified atom stereocenters. The van der Waals surface area contributed by atoms with Crippen LogP contribution in [0.2, 0.25) is 0 Å². The third-order valence-electron chi connectivity index (χ3n) is 4.28. The molecular weight excluding hydrogens is 282 g/mol. The summed E-state index contributed by atoms with van der Waals surface area (Å²) in [6.07, 6.45) is 16.1. The largest absolute Gasteiger partial charge is 0.394 e. The first-order valence-corrected chi connectivity index (χ1v) is 9.53. The number of nitrogens with zero attached hydrogens (tertiary/aromatic N) is 1. The molecular formula is C21H35NO. The molecule has 2 nitrogen and oxygen atoms in total. The van der Waals surface area contributed by atoms with E-state index in [0.717, 1.165) is 12.8 Å². The van der Waals surface area contributed by atoms with Gasteiger partial charge in [0, 0.05) is 0 Å². The van der Waals surface area contributed by atoms with Gasteiger partial charge in [-0.2, -0.15) is 0 Å². The summed E-state index contributed by atoms with van der Waals surface area (Å²) in [4.78, 5) is 4.53. The van der Waals surface area contributed by atoms with Gasteiger partial charge in [0.1, 0.15) is 0 Å². The third kappa shape index (κ3) is 11.1. The molecule has 1 aromatic rings. The standard InChI is InChI=1S/C21H35NO/c1-2-3-4-5-6-7-8-9-10-14-17-22-21(19-23)18-20-15-12-11-13-16-20/h11-13,15-17,21,23H,2-10,14,18-19H2,1H3/t21-/m0/s1. The highest BCUT2D eigenvalue weighted by Gasteiger charge is 2.04. The quantitative estimate of drug-likeness (QED) is 0.352. The summed E-state index contributed by atoms with van der Waals surface area (Å²) < 4.78 is 0. The van der Waals surface area contributed by atoms with Crippen molar-refractivity contribution in [2.24, 2.45) is 4.99 Å².